The van der Waals surface area contributed by atoms with Gasteiger partial charge in [-0.3, -0.25) is 4.79 Å². The third-order valence-corrected chi connectivity index (χ3v) is 6.25. The van der Waals surface area contributed by atoms with Crippen LogP contribution in [0.3, 0.4) is 0 Å². The molecule has 9 heteroatoms. The number of rotatable bonds is 3. The summed E-state index contributed by atoms with van der Waals surface area (Å²) in [5.41, 5.74) is -1.16. The van der Waals surface area contributed by atoms with Crippen molar-refractivity contribution < 1.29 is 18.7 Å². The number of aromatic nitrogens is 1. The molecule has 1 aromatic carbocycles. The Labute approximate surface area is 171 Å². The molecule has 2 aliphatic heterocycles. The molecule has 2 aromatic rings. The van der Waals surface area contributed by atoms with E-state index in [0.29, 0.717) is 31.8 Å². The van der Waals surface area contributed by atoms with Crippen molar-refractivity contribution >= 4 is 35.0 Å². The van der Waals surface area contributed by atoms with Gasteiger partial charge in [0.2, 0.25) is 0 Å². The van der Waals surface area contributed by atoms with Crippen LogP contribution >= 0.6 is 12.4 Å². The Bertz CT molecular complexity index is 1040. The number of carboxylic acid groups (broad SMARTS) is 1. The Kier molecular flexibility index (Phi) is 5.02. The zero-order valence-corrected chi connectivity index (χ0v) is 16.5. The van der Waals surface area contributed by atoms with Gasteiger partial charge in [-0.05, 0) is 44.2 Å². The summed E-state index contributed by atoms with van der Waals surface area (Å²) in [7, 11) is 0. The van der Waals surface area contributed by atoms with Crippen LogP contribution in [0.4, 0.5) is 14.5 Å². The number of carbonyl (C=O) groups is 1. The van der Waals surface area contributed by atoms with Crippen molar-refractivity contribution in [3.8, 4) is 0 Å². The minimum absolute atomic E-state index is 0. The van der Waals surface area contributed by atoms with Crippen molar-refractivity contribution in [1.82, 2.24) is 9.88 Å². The molecule has 5 rings (SSSR count). The van der Waals surface area contributed by atoms with Crippen molar-refractivity contribution in [2.45, 2.75) is 37.8 Å². The second-order valence-corrected chi connectivity index (χ2v) is 8.09. The summed E-state index contributed by atoms with van der Waals surface area (Å²) in [6.07, 6.45) is 3.48. The van der Waals surface area contributed by atoms with Gasteiger partial charge in [-0.1, -0.05) is 0 Å². The zero-order chi connectivity index (χ0) is 19.6. The number of carboxylic acids is 1. The largest absolute Gasteiger partial charge is 0.477 e. The van der Waals surface area contributed by atoms with Crippen molar-refractivity contribution in [2.24, 2.45) is 5.92 Å². The van der Waals surface area contributed by atoms with Crippen LogP contribution in [0.1, 0.15) is 42.2 Å². The fourth-order valence-electron chi connectivity index (χ4n) is 4.81. The first-order valence-electron chi connectivity index (χ1n) is 9.74. The number of anilines is 1. The lowest BCUT2D eigenvalue weighted by Crippen LogP contribution is -2.40. The first-order valence-corrected chi connectivity index (χ1v) is 9.74. The third-order valence-electron chi connectivity index (χ3n) is 6.25. The van der Waals surface area contributed by atoms with E-state index < -0.39 is 23.0 Å². The standard InChI is InChI=1S/C20H21F2N3O3.ClH/c21-13-6-12-16(26)7-15(20(27)28)25(11-3-4-11)18(12)17(22)19(13)24-8-10-2-1-5-23-14(10)9-24;/h6-7,10-11,14,23H,1-5,8-9H2,(H,27,28);1H/t10-,14+;/m1./s1. The lowest BCUT2D eigenvalue weighted by atomic mass is 9.94. The number of hydrogen-bond donors (Lipinski definition) is 2. The molecule has 29 heavy (non-hydrogen) atoms. The fourth-order valence-corrected chi connectivity index (χ4v) is 4.81. The second kappa shape index (κ2) is 7.25. The first kappa shape index (κ1) is 20.1. The average molecular weight is 426 g/mol. The molecule has 0 bridgehead atoms. The van der Waals surface area contributed by atoms with Gasteiger partial charge in [-0.25, -0.2) is 13.6 Å². The predicted octanol–water partition coefficient (Wildman–Crippen LogP) is 2.92. The molecule has 0 radical (unpaired) electrons. The minimum atomic E-state index is -1.28. The van der Waals surface area contributed by atoms with Crippen LogP contribution in [-0.4, -0.2) is 41.3 Å². The Morgan fingerprint density at radius 3 is 2.59 bits per heavy atom. The van der Waals surface area contributed by atoms with E-state index in [9.17, 15) is 19.1 Å². The number of hydrogen-bond acceptors (Lipinski definition) is 4. The number of nitrogens with one attached hydrogen (secondary N) is 1. The van der Waals surface area contributed by atoms with Crippen LogP contribution in [0.5, 0.6) is 0 Å². The van der Waals surface area contributed by atoms with E-state index in [-0.39, 0.29) is 46.8 Å². The van der Waals surface area contributed by atoms with Gasteiger partial charge < -0.3 is 19.9 Å². The molecule has 0 spiro atoms. The smallest absolute Gasteiger partial charge is 0.352 e. The Hall–Kier alpha value is -2.19. The monoisotopic (exact) mass is 425 g/mol. The normalized spacial score (nSPS) is 23.7. The number of aromatic carboxylic acids is 1. The van der Waals surface area contributed by atoms with E-state index in [4.69, 9.17) is 0 Å². The van der Waals surface area contributed by atoms with E-state index in [1.54, 1.807) is 4.90 Å². The van der Waals surface area contributed by atoms with Gasteiger partial charge in [0.15, 0.2) is 11.2 Å². The van der Waals surface area contributed by atoms with Crippen LogP contribution in [-0.2, 0) is 0 Å². The van der Waals surface area contributed by atoms with Crippen molar-refractivity contribution in [2.75, 3.05) is 24.5 Å². The van der Waals surface area contributed by atoms with Crippen LogP contribution in [0, 0.1) is 17.6 Å². The highest BCUT2D eigenvalue weighted by molar-refractivity contribution is 5.92. The topological polar surface area (TPSA) is 74.6 Å². The maximum absolute atomic E-state index is 15.7. The molecule has 3 aliphatic rings. The van der Waals surface area contributed by atoms with Crippen molar-refractivity contribution in [3.05, 3.63) is 39.7 Å². The van der Waals surface area contributed by atoms with Gasteiger partial charge in [0.05, 0.1) is 10.9 Å². The number of pyridine rings is 1. The molecule has 3 fully saturated rings. The average Bonchev–Trinajstić information content (AvgIpc) is 3.40. The molecular weight excluding hydrogens is 404 g/mol. The summed E-state index contributed by atoms with van der Waals surface area (Å²) >= 11 is 0. The number of fused-ring (bicyclic) bond motifs is 2. The van der Waals surface area contributed by atoms with Crippen molar-refractivity contribution in [1.29, 1.82) is 0 Å². The summed E-state index contributed by atoms with van der Waals surface area (Å²) in [4.78, 5) is 25.8. The minimum Gasteiger partial charge on any atom is -0.477 e. The van der Waals surface area contributed by atoms with E-state index in [1.807, 2.05) is 0 Å². The SMILES string of the molecule is Cl.O=C(O)c1cc(=O)c2cc(F)c(N3C[C@H]4CCCN[C@H]4C3)c(F)c2n1C1CC1. The van der Waals surface area contributed by atoms with E-state index in [0.717, 1.165) is 31.5 Å². The lowest BCUT2D eigenvalue weighted by molar-refractivity contribution is 0.0684. The Balaban J connectivity index is 0.00000205. The highest BCUT2D eigenvalue weighted by atomic mass is 35.5. The molecule has 0 unspecified atom stereocenters. The molecule has 0 amide bonds. The number of piperidine rings is 1. The second-order valence-electron chi connectivity index (χ2n) is 8.09. The van der Waals surface area contributed by atoms with Crippen LogP contribution < -0.4 is 15.6 Å². The molecule has 1 saturated carbocycles. The highest BCUT2D eigenvalue weighted by Gasteiger charge is 2.38. The molecule has 156 valence electrons. The molecule has 2 saturated heterocycles. The predicted molar refractivity (Wildman–Crippen MR) is 107 cm³/mol. The Morgan fingerprint density at radius 2 is 1.93 bits per heavy atom. The van der Waals surface area contributed by atoms with Gasteiger partial charge in [0, 0.05) is 31.2 Å². The molecule has 3 heterocycles. The Morgan fingerprint density at radius 1 is 1.17 bits per heavy atom. The first-order chi connectivity index (χ1) is 13.5. The molecule has 1 aliphatic carbocycles. The summed E-state index contributed by atoms with van der Waals surface area (Å²) in [5, 5.41) is 12.8. The maximum Gasteiger partial charge on any atom is 0.352 e. The van der Waals surface area contributed by atoms with Gasteiger partial charge in [-0.15, -0.1) is 12.4 Å². The van der Waals surface area contributed by atoms with Gasteiger partial charge in [0.25, 0.3) is 0 Å². The van der Waals surface area contributed by atoms with Crippen molar-refractivity contribution in [3.63, 3.8) is 0 Å². The van der Waals surface area contributed by atoms with Crippen LogP contribution in [0.15, 0.2) is 16.9 Å². The fraction of sp³-hybridized carbons (Fsp3) is 0.500. The highest BCUT2D eigenvalue weighted by Crippen LogP contribution is 2.41. The molecule has 2 atom stereocenters. The summed E-state index contributed by atoms with van der Waals surface area (Å²) in [5.74, 6) is -2.56. The van der Waals surface area contributed by atoms with Crippen LogP contribution in [0.25, 0.3) is 10.9 Å². The summed E-state index contributed by atoms with van der Waals surface area (Å²) in [6.45, 7) is 1.94. The molecule has 1 aromatic heterocycles. The number of nitrogens with zero attached hydrogens (tertiary/aromatic N) is 2. The van der Waals surface area contributed by atoms with E-state index in [2.05, 4.69) is 5.32 Å². The van der Waals surface area contributed by atoms with Gasteiger partial charge in [0.1, 0.15) is 17.2 Å². The maximum atomic E-state index is 15.7. The summed E-state index contributed by atoms with van der Waals surface area (Å²) in [6, 6.07) is 2.05. The molecular formula is C20H22ClF2N3O3. The number of halogens is 3. The quantitative estimate of drug-likeness (QED) is 0.791. The van der Waals surface area contributed by atoms with Crippen LogP contribution in [0.2, 0.25) is 0 Å². The van der Waals surface area contributed by atoms with E-state index >= 15 is 4.39 Å². The zero-order valence-electron chi connectivity index (χ0n) is 15.7. The van der Waals surface area contributed by atoms with E-state index in [1.165, 1.54) is 4.57 Å². The lowest BCUT2D eigenvalue weighted by Gasteiger charge is -2.24. The third kappa shape index (κ3) is 3.18. The molecule has 2 N–H and O–H groups in total. The summed E-state index contributed by atoms with van der Waals surface area (Å²) < 4.78 is 32.0. The molecule has 6 nitrogen and oxygen atoms in total. The number of benzene rings is 1. The van der Waals surface area contributed by atoms with Gasteiger partial charge >= 0.3 is 5.97 Å². The van der Waals surface area contributed by atoms with Gasteiger partial charge in [-0.2, -0.15) is 0 Å².